The second-order valence-electron chi connectivity index (χ2n) is 6.52. The fourth-order valence-electron chi connectivity index (χ4n) is 3.15. The van der Waals surface area contributed by atoms with Crippen LogP contribution in [0, 0.1) is 5.92 Å². The average molecular weight is 369 g/mol. The quantitative estimate of drug-likeness (QED) is 0.553. The van der Waals surface area contributed by atoms with E-state index in [1.165, 1.54) is 13.2 Å². The fourth-order valence-corrected chi connectivity index (χ4v) is 3.15. The van der Waals surface area contributed by atoms with Gasteiger partial charge in [-0.2, -0.15) is 0 Å². The first-order chi connectivity index (χ1) is 13.0. The highest BCUT2D eigenvalue weighted by Crippen LogP contribution is 2.42. The van der Waals surface area contributed by atoms with E-state index in [1.54, 1.807) is 30.3 Å². The molecular formula is C21H23NO5. The summed E-state index contributed by atoms with van der Waals surface area (Å²) in [7, 11) is 1.50. The van der Waals surface area contributed by atoms with Crippen LogP contribution in [-0.2, 0) is 4.79 Å². The molecule has 3 rings (SSSR count). The number of benzene rings is 2. The third-order valence-corrected chi connectivity index (χ3v) is 4.64. The molecule has 0 radical (unpaired) electrons. The standard InChI is InChI=1S/C21H23NO5/c1-3-4-5-8-14-20(24)15-11-13(26-2)12-18(19(15)22-21(14)25)27-17-10-7-6-9-16(17)23/h6-7,9-12,14,23H,3-5,8H2,1-2H3,(H,22,25). The second kappa shape index (κ2) is 8.12. The minimum atomic E-state index is -0.700. The van der Waals surface area contributed by atoms with E-state index in [9.17, 15) is 14.7 Å². The Balaban J connectivity index is 1.98. The summed E-state index contributed by atoms with van der Waals surface area (Å²) in [5, 5.41) is 12.8. The number of methoxy groups -OCH3 is 1. The van der Waals surface area contributed by atoms with Crippen molar-refractivity contribution in [1.82, 2.24) is 0 Å². The van der Waals surface area contributed by atoms with Crippen molar-refractivity contribution in [2.45, 2.75) is 32.6 Å². The summed E-state index contributed by atoms with van der Waals surface area (Å²) < 4.78 is 11.1. The summed E-state index contributed by atoms with van der Waals surface area (Å²) in [6, 6.07) is 9.68. The molecule has 0 aliphatic carbocycles. The van der Waals surface area contributed by atoms with Crippen LogP contribution in [0.15, 0.2) is 36.4 Å². The van der Waals surface area contributed by atoms with Crippen molar-refractivity contribution >= 4 is 17.4 Å². The Kier molecular flexibility index (Phi) is 5.64. The van der Waals surface area contributed by atoms with Gasteiger partial charge >= 0.3 is 0 Å². The first-order valence-electron chi connectivity index (χ1n) is 9.08. The molecule has 0 fully saturated rings. The van der Waals surface area contributed by atoms with E-state index in [-0.39, 0.29) is 28.9 Å². The highest BCUT2D eigenvalue weighted by molar-refractivity contribution is 6.21. The van der Waals surface area contributed by atoms with Gasteiger partial charge in [0.2, 0.25) is 5.91 Å². The Labute approximate surface area is 158 Å². The number of hydrogen-bond acceptors (Lipinski definition) is 5. The normalized spacial score (nSPS) is 15.9. The lowest BCUT2D eigenvalue weighted by molar-refractivity contribution is -0.118. The number of rotatable bonds is 7. The van der Waals surface area contributed by atoms with Crippen molar-refractivity contribution in [2.75, 3.05) is 12.4 Å². The van der Waals surface area contributed by atoms with Gasteiger partial charge in [0.05, 0.1) is 12.8 Å². The number of ketones is 1. The Morgan fingerprint density at radius 2 is 1.89 bits per heavy atom. The summed E-state index contributed by atoms with van der Waals surface area (Å²) in [5.74, 6) is -0.383. The zero-order valence-corrected chi connectivity index (χ0v) is 15.5. The van der Waals surface area contributed by atoms with Crippen molar-refractivity contribution in [3.8, 4) is 23.0 Å². The van der Waals surface area contributed by atoms with Crippen LogP contribution in [0.5, 0.6) is 23.0 Å². The Morgan fingerprint density at radius 1 is 1.11 bits per heavy atom. The summed E-state index contributed by atoms with van der Waals surface area (Å²) in [6.07, 6.45) is 3.33. The number of hydrogen-bond donors (Lipinski definition) is 2. The Morgan fingerprint density at radius 3 is 2.59 bits per heavy atom. The number of amides is 1. The van der Waals surface area contributed by atoms with Crippen molar-refractivity contribution in [2.24, 2.45) is 5.92 Å². The number of phenolic OH excluding ortho intramolecular Hbond substituents is 1. The van der Waals surface area contributed by atoms with Crippen LogP contribution in [0.4, 0.5) is 5.69 Å². The molecule has 1 aliphatic rings. The number of ether oxygens (including phenoxy) is 2. The van der Waals surface area contributed by atoms with Crippen LogP contribution in [0.3, 0.4) is 0 Å². The van der Waals surface area contributed by atoms with Gasteiger partial charge in [0.1, 0.15) is 11.7 Å². The van der Waals surface area contributed by atoms with E-state index >= 15 is 0 Å². The van der Waals surface area contributed by atoms with Gasteiger partial charge in [-0.15, -0.1) is 0 Å². The number of para-hydroxylation sites is 2. The Bertz CT molecular complexity index is 862. The van der Waals surface area contributed by atoms with Crippen molar-refractivity contribution in [3.63, 3.8) is 0 Å². The molecule has 2 aromatic rings. The van der Waals surface area contributed by atoms with Gasteiger partial charge < -0.3 is 19.9 Å². The van der Waals surface area contributed by atoms with E-state index < -0.39 is 5.92 Å². The zero-order chi connectivity index (χ0) is 19.4. The van der Waals surface area contributed by atoms with E-state index in [1.807, 2.05) is 0 Å². The molecule has 1 aliphatic heterocycles. The molecule has 6 heteroatoms. The fraction of sp³-hybridized carbons (Fsp3) is 0.333. The third-order valence-electron chi connectivity index (χ3n) is 4.64. The van der Waals surface area contributed by atoms with Crippen LogP contribution >= 0.6 is 0 Å². The van der Waals surface area contributed by atoms with E-state index in [4.69, 9.17) is 9.47 Å². The van der Waals surface area contributed by atoms with Crippen LogP contribution < -0.4 is 14.8 Å². The zero-order valence-electron chi connectivity index (χ0n) is 15.5. The van der Waals surface area contributed by atoms with Crippen LogP contribution in [-0.4, -0.2) is 23.9 Å². The maximum Gasteiger partial charge on any atom is 0.235 e. The number of anilines is 1. The van der Waals surface area contributed by atoms with E-state index in [2.05, 4.69) is 12.2 Å². The molecule has 142 valence electrons. The van der Waals surface area contributed by atoms with Gasteiger partial charge in [0, 0.05) is 11.6 Å². The van der Waals surface area contributed by atoms with E-state index in [0.29, 0.717) is 23.4 Å². The van der Waals surface area contributed by atoms with Crippen LogP contribution in [0.2, 0.25) is 0 Å². The molecule has 1 amide bonds. The molecule has 0 saturated carbocycles. The van der Waals surface area contributed by atoms with Gasteiger partial charge in [0.25, 0.3) is 0 Å². The topological polar surface area (TPSA) is 84.9 Å². The number of carbonyl (C=O) groups excluding carboxylic acids is 2. The molecule has 6 nitrogen and oxygen atoms in total. The van der Waals surface area contributed by atoms with Crippen LogP contribution in [0.1, 0.15) is 43.0 Å². The number of aromatic hydroxyl groups is 1. The molecule has 0 spiro atoms. The summed E-state index contributed by atoms with van der Waals surface area (Å²) in [5.41, 5.74) is 0.668. The first-order valence-corrected chi connectivity index (χ1v) is 9.08. The molecular weight excluding hydrogens is 346 g/mol. The second-order valence-corrected chi connectivity index (χ2v) is 6.52. The van der Waals surface area contributed by atoms with Gasteiger partial charge in [-0.3, -0.25) is 9.59 Å². The molecule has 0 saturated heterocycles. The number of phenols is 1. The Hall–Kier alpha value is -3.02. The minimum Gasteiger partial charge on any atom is -0.504 e. The smallest absolute Gasteiger partial charge is 0.235 e. The maximum atomic E-state index is 12.9. The average Bonchev–Trinajstić information content (AvgIpc) is 2.66. The summed E-state index contributed by atoms with van der Waals surface area (Å²) >= 11 is 0. The van der Waals surface area contributed by atoms with Gasteiger partial charge in [0.15, 0.2) is 23.0 Å². The minimum absolute atomic E-state index is 0.0417. The first kappa shape index (κ1) is 18.8. The largest absolute Gasteiger partial charge is 0.504 e. The lowest BCUT2D eigenvalue weighted by Crippen LogP contribution is -2.35. The molecule has 1 heterocycles. The van der Waals surface area contributed by atoms with Gasteiger partial charge in [-0.1, -0.05) is 38.3 Å². The van der Waals surface area contributed by atoms with Crippen LogP contribution in [0.25, 0.3) is 0 Å². The molecule has 27 heavy (non-hydrogen) atoms. The highest BCUT2D eigenvalue weighted by atomic mass is 16.5. The summed E-state index contributed by atoms with van der Waals surface area (Å²) in [6.45, 7) is 2.07. The molecule has 0 bridgehead atoms. The van der Waals surface area contributed by atoms with Gasteiger partial charge in [-0.05, 0) is 24.6 Å². The number of Topliss-reactive ketones (excluding diaryl/α,β-unsaturated/α-hetero) is 1. The van der Waals surface area contributed by atoms with Crippen molar-refractivity contribution < 1.29 is 24.2 Å². The molecule has 0 aromatic heterocycles. The van der Waals surface area contributed by atoms with Crippen molar-refractivity contribution in [3.05, 3.63) is 42.0 Å². The molecule has 1 atom stereocenters. The number of nitrogens with one attached hydrogen (secondary N) is 1. The van der Waals surface area contributed by atoms with Gasteiger partial charge in [-0.25, -0.2) is 0 Å². The number of carbonyl (C=O) groups is 2. The van der Waals surface area contributed by atoms with Crippen molar-refractivity contribution in [1.29, 1.82) is 0 Å². The highest BCUT2D eigenvalue weighted by Gasteiger charge is 2.36. The maximum absolute atomic E-state index is 12.9. The summed E-state index contributed by atoms with van der Waals surface area (Å²) in [4.78, 5) is 25.5. The lowest BCUT2D eigenvalue weighted by atomic mass is 9.87. The predicted molar refractivity (Wildman–Crippen MR) is 102 cm³/mol. The molecule has 2 N–H and O–H groups in total. The third kappa shape index (κ3) is 3.89. The van der Waals surface area contributed by atoms with E-state index in [0.717, 1.165) is 19.3 Å². The molecule has 1 unspecified atom stereocenters. The molecule has 2 aromatic carbocycles. The lowest BCUT2D eigenvalue weighted by Gasteiger charge is -2.26. The predicted octanol–water partition coefficient (Wildman–Crippen LogP) is 4.52. The number of unbranched alkanes of at least 4 members (excludes halogenated alkanes) is 2. The SMILES string of the molecule is CCCCCC1C(=O)Nc2c(Oc3ccccc3O)cc(OC)cc2C1=O. The number of fused-ring (bicyclic) bond motifs is 1. The monoisotopic (exact) mass is 369 g/mol.